The predicted octanol–water partition coefficient (Wildman–Crippen LogP) is 2.45. The number of alkyl halides is 1. The maximum absolute atomic E-state index is 11.8. The first-order valence-corrected chi connectivity index (χ1v) is 7.36. The van der Waals surface area contributed by atoms with Crippen LogP contribution in [0.2, 0.25) is 0 Å². The summed E-state index contributed by atoms with van der Waals surface area (Å²) < 4.78 is 10.1. The summed E-state index contributed by atoms with van der Waals surface area (Å²) in [5, 5.41) is 2.85. The van der Waals surface area contributed by atoms with E-state index in [0.29, 0.717) is 0 Å². The molecule has 6 nitrogen and oxygen atoms in total. The molecular formula is C13H21ClN2O4. The quantitative estimate of drug-likeness (QED) is 0.796. The molecule has 0 saturated carbocycles. The molecule has 20 heavy (non-hydrogen) atoms. The SMILES string of the molecule is CC(C)(C)OC(=O)NC1CC2CCC1N2C(=O)OCCl. The Labute approximate surface area is 123 Å². The molecule has 0 radical (unpaired) electrons. The summed E-state index contributed by atoms with van der Waals surface area (Å²) in [6.07, 6.45) is 1.69. The highest BCUT2D eigenvalue weighted by Crippen LogP contribution is 2.38. The summed E-state index contributed by atoms with van der Waals surface area (Å²) >= 11 is 5.42. The Morgan fingerprint density at radius 2 is 2.05 bits per heavy atom. The minimum atomic E-state index is -0.529. The van der Waals surface area contributed by atoms with Crippen LogP contribution in [0.5, 0.6) is 0 Å². The first-order chi connectivity index (χ1) is 9.31. The number of amides is 2. The van der Waals surface area contributed by atoms with Gasteiger partial charge in [-0.05, 0) is 40.0 Å². The van der Waals surface area contributed by atoms with Gasteiger partial charge in [0.2, 0.25) is 0 Å². The monoisotopic (exact) mass is 304 g/mol. The minimum Gasteiger partial charge on any atom is -0.444 e. The number of nitrogens with zero attached hydrogens (tertiary/aromatic N) is 1. The zero-order chi connectivity index (χ0) is 14.9. The lowest BCUT2D eigenvalue weighted by Crippen LogP contribution is -2.46. The molecule has 2 heterocycles. The lowest BCUT2D eigenvalue weighted by atomic mass is 9.96. The van der Waals surface area contributed by atoms with Crippen LogP contribution in [0, 0.1) is 0 Å². The molecule has 0 aliphatic carbocycles. The van der Waals surface area contributed by atoms with Gasteiger partial charge in [-0.3, -0.25) is 0 Å². The minimum absolute atomic E-state index is 0.0248. The largest absolute Gasteiger partial charge is 0.444 e. The molecule has 2 fully saturated rings. The Morgan fingerprint density at radius 1 is 1.35 bits per heavy atom. The van der Waals surface area contributed by atoms with Gasteiger partial charge in [-0.15, -0.1) is 0 Å². The first-order valence-electron chi connectivity index (χ1n) is 6.82. The second kappa shape index (κ2) is 5.68. The molecular weight excluding hydrogens is 284 g/mol. The van der Waals surface area contributed by atoms with Gasteiger partial charge in [0.05, 0.1) is 12.1 Å². The molecule has 114 valence electrons. The fourth-order valence-corrected chi connectivity index (χ4v) is 3.10. The molecule has 1 N–H and O–H groups in total. The van der Waals surface area contributed by atoms with Crippen LogP contribution in [0.4, 0.5) is 9.59 Å². The van der Waals surface area contributed by atoms with Gasteiger partial charge < -0.3 is 19.7 Å². The summed E-state index contributed by atoms with van der Waals surface area (Å²) in [5.41, 5.74) is -0.529. The normalized spacial score (nSPS) is 28.4. The standard InChI is InChI=1S/C13H21ClN2O4/c1-13(2,3)20-11(17)15-9-6-8-4-5-10(9)16(8)12(18)19-7-14/h8-10H,4-7H2,1-3H3,(H,15,17). The van der Waals surface area contributed by atoms with Crippen molar-refractivity contribution < 1.29 is 19.1 Å². The molecule has 0 aromatic rings. The second-order valence-electron chi connectivity index (χ2n) is 6.21. The number of carbonyl (C=O) groups is 2. The molecule has 2 bridgehead atoms. The zero-order valence-electron chi connectivity index (χ0n) is 12.0. The summed E-state index contributed by atoms with van der Waals surface area (Å²) in [4.78, 5) is 25.3. The molecule has 2 rings (SSSR count). The zero-order valence-corrected chi connectivity index (χ0v) is 12.8. The van der Waals surface area contributed by atoms with Crippen molar-refractivity contribution in [3.63, 3.8) is 0 Å². The van der Waals surface area contributed by atoms with E-state index in [-0.39, 0.29) is 24.2 Å². The lowest BCUT2D eigenvalue weighted by molar-refractivity contribution is 0.0488. The van der Waals surface area contributed by atoms with Gasteiger partial charge in [0.1, 0.15) is 5.60 Å². The van der Waals surface area contributed by atoms with Crippen molar-refractivity contribution in [1.82, 2.24) is 10.2 Å². The van der Waals surface area contributed by atoms with E-state index in [1.165, 1.54) is 0 Å². The molecule has 3 atom stereocenters. The molecule has 7 heteroatoms. The highest BCUT2D eigenvalue weighted by molar-refractivity contribution is 6.17. The number of hydrogen-bond donors (Lipinski definition) is 1. The van der Waals surface area contributed by atoms with Gasteiger partial charge in [-0.1, -0.05) is 11.6 Å². The van der Waals surface area contributed by atoms with Crippen molar-refractivity contribution >= 4 is 23.8 Å². The third-order valence-electron chi connectivity index (χ3n) is 3.63. The van der Waals surface area contributed by atoms with Crippen molar-refractivity contribution in [2.24, 2.45) is 0 Å². The summed E-state index contributed by atoms with van der Waals surface area (Å²) in [6, 6.07) is -0.135. The van der Waals surface area contributed by atoms with Crippen LogP contribution in [0.3, 0.4) is 0 Å². The van der Waals surface area contributed by atoms with Crippen LogP contribution in [0.1, 0.15) is 40.0 Å². The van der Waals surface area contributed by atoms with Crippen molar-refractivity contribution in [2.45, 2.75) is 63.8 Å². The van der Waals surface area contributed by atoms with E-state index in [0.717, 1.165) is 19.3 Å². The van der Waals surface area contributed by atoms with Crippen LogP contribution in [0.25, 0.3) is 0 Å². The summed E-state index contributed by atoms with van der Waals surface area (Å²) in [6.45, 7) is 5.45. The molecule has 2 aliphatic rings. The summed E-state index contributed by atoms with van der Waals surface area (Å²) in [5.74, 6) is 0. The van der Waals surface area contributed by atoms with Crippen LogP contribution >= 0.6 is 11.6 Å². The maximum Gasteiger partial charge on any atom is 0.411 e. The van der Waals surface area contributed by atoms with E-state index in [1.807, 2.05) is 20.8 Å². The number of carbonyl (C=O) groups excluding carboxylic acids is 2. The molecule has 2 saturated heterocycles. The van der Waals surface area contributed by atoms with Crippen LogP contribution in [-0.4, -0.2) is 46.9 Å². The second-order valence-corrected chi connectivity index (χ2v) is 6.43. The van der Waals surface area contributed by atoms with E-state index < -0.39 is 17.8 Å². The maximum atomic E-state index is 11.8. The molecule has 2 aliphatic heterocycles. The Balaban J connectivity index is 1.93. The van der Waals surface area contributed by atoms with Crippen molar-refractivity contribution in [3.8, 4) is 0 Å². The van der Waals surface area contributed by atoms with Crippen molar-refractivity contribution in [2.75, 3.05) is 6.07 Å². The summed E-state index contributed by atoms with van der Waals surface area (Å²) in [7, 11) is 0. The third kappa shape index (κ3) is 3.29. The Hall–Kier alpha value is -1.17. The number of rotatable bonds is 2. The van der Waals surface area contributed by atoms with E-state index in [2.05, 4.69) is 5.32 Å². The molecule has 0 aromatic heterocycles. The number of hydrogen-bond acceptors (Lipinski definition) is 4. The topological polar surface area (TPSA) is 67.9 Å². The van der Waals surface area contributed by atoms with Gasteiger partial charge in [-0.25, -0.2) is 9.59 Å². The van der Waals surface area contributed by atoms with Gasteiger partial charge in [-0.2, -0.15) is 0 Å². The smallest absolute Gasteiger partial charge is 0.411 e. The lowest BCUT2D eigenvalue weighted by Gasteiger charge is -2.26. The van der Waals surface area contributed by atoms with Crippen molar-refractivity contribution in [3.05, 3.63) is 0 Å². The van der Waals surface area contributed by atoms with Gasteiger partial charge in [0.25, 0.3) is 0 Å². The number of ether oxygens (including phenoxy) is 2. The van der Waals surface area contributed by atoms with Crippen molar-refractivity contribution in [1.29, 1.82) is 0 Å². The highest BCUT2D eigenvalue weighted by atomic mass is 35.5. The van der Waals surface area contributed by atoms with Gasteiger partial charge >= 0.3 is 12.2 Å². The molecule has 0 aromatic carbocycles. The average molecular weight is 305 g/mol. The number of nitrogens with one attached hydrogen (secondary N) is 1. The van der Waals surface area contributed by atoms with E-state index >= 15 is 0 Å². The number of halogens is 1. The van der Waals surface area contributed by atoms with E-state index in [4.69, 9.17) is 21.1 Å². The Morgan fingerprint density at radius 3 is 2.65 bits per heavy atom. The highest BCUT2D eigenvalue weighted by Gasteiger charge is 2.50. The number of alkyl carbamates (subject to hydrolysis) is 1. The fraction of sp³-hybridized carbons (Fsp3) is 0.846. The number of fused-ring (bicyclic) bond motifs is 2. The first kappa shape index (κ1) is 15.2. The van der Waals surface area contributed by atoms with Gasteiger partial charge in [0.15, 0.2) is 6.07 Å². The van der Waals surface area contributed by atoms with E-state index in [9.17, 15) is 9.59 Å². The molecule has 0 spiro atoms. The Kier molecular flexibility index (Phi) is 4.32. The molecule has 3 unspecified atom stereocenters. The van der Waals surface area contributed by atoms with Crippen LogP contribution in [0.15, 0.2) is 0 Å². The predicted molar refractivity (Wildman–Crippen MR) is 73.6 cm³/mol. The van der Waals surface area contributed by atoms with Gasteiger partial charge in [0, 0.05) is 6.04 Å². The molecule has 2 amide bonds. The van der Waals surface area contributed by atoms with Crippen LogP contribution < -0.4 is 5.32 Å². The fourth-order valence-electron chi connectivity index (χ4n) is 3.01. The Bertz CT molecular complexity index is 396. The average Bonchev–Trinajstić information content (AvgIpc) is 2.83. The van der Waals surface area contributed by atoms with Crippen LogP contribution in [-0.2, 0) is 9.47 Å². The van der Waals surface area contributed by atoms with E-state index in [1.54, 1.807) is 4.90 Å². The third-order valence-corrected chi connectivity index (χ3v) is 3.74.